The van der Waals surface area contributed by atoms with Crippen molar-refractivity contribution >= 4 is 22.7 Å². The van der Waals surface area contributed by atoms with Gasteiger partial charge in [-0.25, -0.2) is 0 Å². The second-order valence-corrected chi connectivity index (χ2v) is 5.46. The zero-order valence-corrected chi connectivity index (χ0v) is 13.6. The number of likely N-dealkylation sites (N-methyl/N-ethyl adjacent to an activating group) is 1. The van der Waals surface area contributed by atoms with E-state index >= 15 is 0 Å². The van der Waals surface area contributed by atoms with Gasteiger partial charge in [-0.1, -0.05) is 18.2 Å². The summed E-state index contributed by atoms with van der Waals surface area (Å²) in [5.41, 5.74) is 0.553. The van der Waals surface area contributed by atoms with E-state index in [9.17, 15) is 14.7 Å². The van der Waals surface area contributed by atoms with Gasteiger partial charge in [0.15, 0.2) is 10.7 Å². The molecule has 0 aliphatic carbocycles. The third kappa shape index (κ3) is 3.60. The highest BCUT2D eigenvalue weighted by atomic mass is 16.3. The van der Waals surface area contributed by atoms with Gasteiger partial charge >= 0.3 is 11.6 Å². The van der Waals surface area contributed by atoms with Crippen LogP contribution in [0.3, 0.4) is 0 Å². The lowest BCUT2D eigenvalue weighted by Crippen LogP contribution is -2.34. The van der Waals surface area contributed by atoms with Crippen LogP contribution in [-0.2, 0) is 16.1 Å². The van der Waals surface area contributed by atoms with Gasteiger partial charge < -0.3 is 9.67 Å². The number of diazo groups is 1. The molecule has 7 heteroatoms. The predicted molar refractivity (Wildman–Crippen MR) is 89.4 cm³/mol. The maximum absolute atomic E-state index is 12.1. The van der Waals surface area contributed by atoms with Gasteiger partial charge in [-0.2, -0.15) is 0 Å². The lowest BCUT2D eigenvalue weighted by molar-refractivity contribution is -0.140. The number of carbonyl (C=O) groups excluding carboxylic acids is 2. The first-order valence-electron chi connectivity index (χ1n) is 7.55. The van der Waals surface area contributed by atoms with Gasteiger partial charge in [-0.15, -0.1) is 0 Å². The molecular weight excluding hydrogens is 308 g/mol. The molecule has 2 rings (SSSR count). The Morgan fingerprint density at radius 1 is 1.29 bits per heavy atom. The number of amides is 2. The van der Waals surface area contributed by atoms with Crippen LogP contribution in [0.1, 0.15) is 19.8 Å². The number of hydrogen-bond donors (Lipinski definition) is 1. The average molecular weight is 327 g/mol. The molecule has 0 unspecified atom stereocenters. The fourth-order valence-corrected chi connectivity index (χ4v) is 2.45. The summed E-state index contributed by atoms with van der Waals surface area (Å²) >= 11 is 0. The summed E-state index contributed by atoms with van der Waals surface area (Å²) in [5, 5.41) is 19.2. The van der Waals surface area contributed by atoms with Crippen LogP contribution in [0.4, 0.5) is 0 Å². The Labute approximate surface area is 139 Å². The smallest absolute Gasteiger partial charge is 0.485 e. The van der Waals surface area contributed by atoms with Crippen molar-refractivity contribution in [1.29, 1.82) is 5.39 Å². The number of aliphatic hydroxyl groups excluding tert-OH is 1. The van der Waals surface area contributed by atoms with Crippen molar-refractivity contribution in [3.8, 4) is 0 Å². The van der Waals surface area contributed by atoms with Crippen LogP contribution in [-0.4, -0.2) is 33.4 Å². The Morgan fingerprint density at radius 2 is 2.00 bits per heavy atom. The van der Waals surface area contributed by atoms with E-state index in [0.717, 1.165) is 15.8 Å². The first-order chi connectivity index (χ1) is 11.5. The number of nitrogens with zero attached hydrogens (tertiary/aromatic N) is 4. The van der Waals surface area contributed by atoms with Crippen LogP contribution in [0.2, 0.25) is 0 Å². The number of aliphatic hydroxyl groups is 1. The summed E-state index contributed by atoms with van der Waals surface area (Å²) in [6.07, 6.45) is 2.69. The van der Waals surface area contributed by atoms with Crippen molar-refractivity contribution in [2.75, 3.05) is 7.05 Å². The second-order valence-electron chi connectivity index (χ2n) is 5.46. The number of rotatable bonds is 5. The van der Waals surface area contributed by atoms with Gasteiger partial charge in [0.05, 0.1) is 0 Å². The Hall–Kier alpha value is -3.14. The van der Waals surface area contributed by atoms with E-state index in [4.69, 9.17) is 5.39 Å². The molecule has 0 atom stereocenters. The minimum absolute atomic E-state index is 0.165. The van der Waals surface area contributed by atoms with E-state index in [1.165, 1.54) is 14.0 Å². The molecule has 0 saturated heterocycles. The zero-order valence-electron chi connectivity index (χ0n) is 13.6. The predicted octanol–water partition coefficient (Wildman–Crippen LogP) is 3.05. The SMILES string of the molecule is C/C(O)=C(\[N+]#N)C(=O)N(C)C(=O)CCCn1ccc2ccccc21. The van der Waals surface area contributed by atoms with E-state index in [1.54, 1.807) is 0 Å². The van der Waals surface area contributed by atoms with Gasteiger partial charge in [-0.05, 0) is 23.9 Å². The number of hydrogen-bond acceptors (Lipinski definition) is 4. The molecule has 1 heterocycles. The number of para-hydroxylation sites is 1. The molecule has 2 aromatic rings. The van der Waals surface area contributed by atoms with Crippen LogP contribution < -0.4 is 0 Å². The molecule has 0 radical (unpaired) electrons. The van der Waals surface area contributed by atoms with E-state index in [-0.39, 0.29) is 6.42 Å². The quantitative estimate of drug-likeness (QED) is 0.519. The summed E-state index contributed by atoms with van der Waals surface area (Å²) in [6.45, 7) is 1.86. The summed E-state index contributed by atoms with van der Waals surface area (Å²) in [7, 11) is 1.30. The molecule has 124 valence electrons. The molecule has 0 spiro atoms. The highest BCUT2D eigenvalue weighted by molar-refractivity contribution is 6.05. The maximum atomic E-state index is 12.1. The third-order valence-corrected chi connectivity index (χ3v) is 3.79. The molecule has 24 heavy (non-hydrogen) atoms. The van der Waals surface area contributed by atoms with Gasteiger partial charge in [0.25, 0.3) is 0 Å². The first kappa shape index (κ1) is 17.2. The van der Waals surface area contributed by atoms with Crippen LogP contribution in [0.15, 0.2) is 48.0 Å². The molecule has 0 aliphatic rings. The Morgan fingerprint density at radius 3 is 2.67 bits per heavy atom. The van der Waals surface area contributed by atoms with E-state index in [2.05, 4.69) is 9.54 Å². The number of imide groups is 1. The van der Waals surface area contributed by atoms with Crippen LogP contribution in [0.25, 0.3) is 15.9 Å². The van der Waals surface area contributed by atoms with E-state index < -0.39 is 23.3 Å². The number of fused-ring (bicyclic) bond motifs is 1. The number of carbonyl (C=O) groups is 2. The normalized spacial score (nSPS) is 11.7. The molecule has 0 bridgehead atoms. The monoisotopic (exact) mass is 327 g/mol. The van der Waals surface area contributed by atoms with Crippen molar-refractivity contribution in [2.45, 2.75) is 26.3 Å². The molecule has 0 saturated carbocycles. The molecule has 1 N–H and O–H groups in total. The molecule has 1 aromatic carbocycles. The third-order valence-electron chi connectivity index (χ3n) is 3.79. The Balaban J connectivity index is 1.95. The number of aryl methyl sites for hydroxylation is 1. The topological polar surface area (TPSA) is 90.7 Å². The van der Waals surface area contributed by atoms with Gasteiger partial charge in [0, 0.05) is 38.7 Å². The zero-order chi connectivity index (χ0) is 17.7. The molecule has 1 aromatic heterocycles. The minimum atomic E-state index is -0.839. The lowest BCUT2D eigenvalue weighted by Gasteiger charge is -2.12. The van der Waals surface area contributed by atoms with Crippen LogP contribution >= 0.6 is 0 Å². The van der Waals surface area contributed by atoms with Gasteiger partial charge in [0.2, 0.25) is 11.3 Å². The van der Waals surface area contributed by atoms with Crippen molar-refractivity contribution in [3.05, 3.63) is 53.0 Å². The van der Waals surface area contributed by atoms with Crippen LogP contribution in [0.5, 0.6) is 0 Å². The minimum Gasteiger partial charge on any atom is -0.505 e. The van der Waals surface area contributed by atoms with E-state index in [0.29, 0.717) is 13.0 Å². The molecular formula is C17H19N4O3+. The summed E-state index contributed by atoms with van der Waals surface area (Å²) < 4.78 is 2.05. The molecule has 0 fully saturated rings. The Kier molecular flexibility index (Phi) is 5.32. The van der Waals surface area contributed by atoms with Gasteiger partial charge in [-0.3, -0.25) is 14.5 Å². The molecule has 0 aliphatic heterocycles. The molecule has 2 amide bonds. The van der Waals surface area contributed by atoms with Crippen molar-refractivity contribution in [3.63, 3.8) is 0 Å². The van der Waals surface area contributed by atoms with E-state index in [1.807, 2.05) is 36.5 Å². The highest BCUT2D eigenvalue weighted by Gasteiger charge is 2.32. The fourth-order valence-electron chi connectivity index (χ4n) is 2.45. The summed E-state index contributed by atoms with van der Waals surface area (Å²) in [6, 6.07) is 9.97. The summed E-state index contributed by atoms with van der Waals surface area (Å²) in [4.78, 5) is 27.6. The highest BCUT2D eigenvalue weighted by Crippen LogP contribution is 2.16. The summed E-state index contributed by atoms with van der Waals surface area (Å²) in [5.74, 6) is -1.69. The first-order valence-corrected chi connectivity index (χ1v) is 7.55. The number of allylic oxidation sites excluding steroid dienone is 1. The standard InChI is InChI=1S/C17H18N4O3/c1-12(22)16(19-18)17(24)20(2)15(23)8-5-10-21-11-9-13-6-3-4-7-14(13)21/h3-4,6-7,9,11H,5,8,10H2,1-2H3/p+1. The average Bonchev–Trinajstić information content (AvgIpc) is 2.97. The van der Waals surface area contributed by atoms with Crippen molar-refractivity contribution < 1.29 is 14.7 Å². The van der Waals surface area contributed by atoms with Crippen LogP contribution in [0, 0.1) is 5.39 Å². The second kappa shape index (κ2) is 7.42. The van der Waals surface area contributed by atoms with Crippen molar-refractivity contribution in [1.82, 2.24) is 9.47 Å². The number of aromatic nitrogens is 1. The van der Waals surface area contributed by atoms with Crippen molar-refractivity contribution in [2.24, 2.45) is 0 Å². The molecule has 7 nitrogen and oxygen atoms in total. The maximum Gasteiger partial charge on any atom is 0.485 e. The lowest BCUT2D eigenvalue weighted by atomic mass is 10.2. The number of benzene rings is 1. The largest absolute Gasteiger partial charge is 0.505 e. The fraction of sp³-hybridized carbons (Fsp3) is 0.294. The van der Waals surface area contributed by atoms with Gasteiger partial charge in [0.1, 0.15) is 0 Å². The Bertz CT molecular complexity index is 841.